The van der Waals surface area contributed by atoms with Crippen molar-refractivity contribution in [3.8, 4) is 0 Å². The van der Waals surface area contributed by atoms with Crippen LogP contribution in [0.15, 0.2) is 65.8 Å². The Bertz CT molecular complexity index is 628. The number of hydrazone groups is 1. The van der Waals surface area contributed by atoms with Gasteiger partial charge in [-0.15, -0.1) is 0 Å². The van der Waals surface area contributed by atoms with E-state index < -0.39 is 0 Å². The number of amidine groups is 1. The zero-order valence-electron chi connectivity index (χ0n) is 10.7. The van der Waals surface area contributed by atoms with Crippen LogP contribution in [0, 0.1) is 0 Å². The topological polar surface area (TPSA) is 44.7 Å². The largest absolute Gasteiger partial charge is 0.311 e. The van der Waals surface area contributed by atoms with Crippen LogP contribution in [-0.2, 0) is 4.79 Å². The molecule has 100 valence electrons. The second kappa shape index (κ2) is 5.79. The van der Waals surface area contributed by atoms with Crippen molar-refractivity contribution in [3.05, 3.63) is 60.7 Å². The summed E-state index contributed by atoms with van der Waals surface area (Å²) in [6.45, 7) is 0. The van der Waals surface area contributed by atoms with Crippen LogP contribution in [0.2, 0.25) is 0 Å². The zero-order valence-corrected chi connectivity index (χ0v) is 11.5. The Morgan fingerprint density at radius 3 is 2.35 bits per heavy atom. The summed E-state index contributed by atoms with van der Waals surface area (Å²) in [6.07, 6.45) is 0. The molecule has 0 saturated carbocycles. The van der Waals surface area contributed by atoms with Gasteiger partial charge in [-0.25, -0.2) is 0 Å². The van der Waals surface area contributed by atoms with E-state index in [4.69, 9.17) is 0 Å². The van der Waals surface area contributed by atoms with Gasteiger partial charge in [0, 0.05) is 5.69 Å². The summed E-state index contributed by atoms with van der Waals surface area (Å²) in [7, 11) is 0. The first-order valence-corrected chi connectivity index (χ1v) is 7.21. The molecule has 0 radical (unpaired) electrons. The van der Waals surface area contributed by atoms with Gasteiger partial charge < -0.3 is 4.90 Å². The number of hydrogen-bond acceptors (Lipinski definition) is 4. The molecule has 0 bridgehead atoms. The molecule has 1 N–H and O–H groups in total. The average Bonchev–Trinajstić information content (AvgIpc) is 2.88. The second-order valence-corrected chi connectivity index (χ2v) is 5.16. The van der Waals surface area contributed by atoms with E-state index in [1.54, 1.807) is 0 Å². The van der Waals surface area contributed by atoms with Gasteiger partial charge in [-0.2, -0.15) is 5.10 Å². The van der Waals surface area contributed by atoms with Gasteiger partial charge in [-0.1, -0.05) is 48.2 Å². The first kappa shape index (κ1) is 12.7. The fourth-order valence-electron chi connectivity index (χ4n) is 1.90. The van der Waals surface area contributed by atoms with Crippen LogP contribution >= 0.6 is 11.8 Å². The van der Waals surface area contributed by atoms with Gasteiger partial charge in [-0.05, 0) is 24.3 Å². The number of hydrogen-bond donors (Lipinski definition) is 1. The molecule has 4 nitrogen and oxygen atoms in total. The Labute approximate surface area is 121 Å². The normalized spacial score (nSPS) is 16.7. The maximum atomic E-state index is 11.9. The molecule has 20 heavy (non-hydrogen) atoms. The summed E-state index contributed by atoms with van der Waals surface area (Å²) >= 11 is 1.26. The number of carbonyl (C=O) groups excluding carboxylic acids is 1. The summed E-state index contributed by atoms with van der Waals surface area (Å²) in [5, 5.41) is 4.24. The van der Waals surface area contributed by atoms with E-state index >= 15 is 0 Å². The summed E-state index contributed by atoms with van der Waals surface area (Å²) in [6, 6.07) is 19.4. The van der Waals surface area contributed by atoms with E-state index in [1.165, 1.54) is 11.8 Å². The molecule has 0 spiro atoms. The molecule has 3 rings (SSSR count). The van der Waals surface area contributed by atoms with Crippen LogP contribution in [-0.4, -0.2) is 16.8 Å². The highest BCUT2D eigenvalue weighted by Crippen LogP contribution is 2.25. The molecule has 0 aliphatic carbocycles. The fourth-order valence-corrected chi connectivity index (χ4v) is 2.70. The minimum Gasteiger partial charge on any atom is -0.311 e. The van der Waals surface area contributed by atoms with Gasteiger partial charge in [0.2, 0.25) is 5.84 Å². The number of nitrogens with one attached hydrogen (secondary N) is 1. The SMILES string of the molecule is O=C1SCN(c2ccccc2)C1=NNc1ccccc1. The monoisotopic (exact) mass is 283 g/mol. The first-order chi connectivity index (χ1) is 9.84. The van der Waals surface area contributed by atoms with Crippen LogP contribution < -0.4 is 10.3 Å². The van der Waals surface area contributed by atoms with Crippen molar-refractivity contribution in [2.45, 2.75) is 0 Å². The lowest BCUT2D eigenvalue weighted by atomic mass is 10.3. The first-order valence-electron chi connectivity index (χ1n) is 6.23. The van der Waals surface area contributed by atoms with Crippen LogP contribution in [0.4, 0.5) is 11.4 Å². The quantitative estimate of drug-likeness (QED) is 0.879. The van der Waals surface area contributed by atoms with Gasteiger partial charge in [0.15, 0.2) is 0 Å². The number of para-hydroxylation sites is 2. The van der Waals surface area contributed by atoms with Gasteiger partial charge in [0.05, 0.1) is 11.6 Å². The molecule has 0 amide bonds. The van der Waals surface area contributed by atoms with Crippen molar-refractivity contribution >= 4 is 34.1 Å². The Morgan fingerprint density at radius 1 is 1.00 bits per heavy atom. The average molecular weight is 283 g/mol. The van der Waals surface area contributed by atoms with Crippen molar-refractivity contribution in [2.24, 2.45) is 5.10 Å². The molecule has 1 heterocycles. The van der Waals surface area contributed by atoms with Crippen molar-refractivity contribution in [3.63, 3.8) is 0 Å². The maximum Gasteiger partial charge on any atom is 0.258 e. The minimum atomic E-state index is -0.0164. The molecular weight excluding hydrogens is 270 g/mol. The number of benzene rings is 2. The summed E-state index contributed by atoms with van der Waals surface area (Å²) in [5.41, 5.74) is 4.76. The maximum absolute atomic E-state index is 11.9. The number of rotatable bonds is 3. The van der Waals surface area contributed by atoms with Crippen LogP contribution in [0.25, 0.3) is 0 Å². The van der Waals surface area contributed by atoms with E-state index in [-0.39, 0.29) is 5.12 Å². The summed E-state index contributed by atoms with van der Waals surface area (Å²) in [5.74, 6) is 1.03. The van der Waals surface area contributed by atoms with Gasteiger partial charge in [0.25, 0.3) is 5.12 Å². The molecular formula is C15H13N3OS. The Hall–Kier alpha value is -2.27. The molecule has 2 aromatic rings. The lowest BCUT2D eigenvalue weighted by molar-refractivity contribution is -0.105. The van der Waals surface area contributed by atoms with E-state index in [0.29, 0.717) is 11.7 Å². The summed E-state index contributed by atoms with van der Waals surface area (Å²) < 4.78 is 0. The molecule has 0 unspecified atom stereocenters. The molecule has 1 saturated heterocycles. The van der Waals surface area contributed by atoms with Crippen molar-refractivity contribution < 1.29 is 4.79 Å². The molecule has 5 heteroatoms. The van der Waals surface area contributed by atoms with Crippen LogP contribution in [0.1, 0.15) is 0 Å². The Balaban J connectivity index is 1.84. The number of thioether (sulfide) groups is 1. The number of anilines is 2. The molecule has 1 aliphatic rings. The van der Waals surface area contributed by atoms with E-state index in [9.17, 15) is 4.79 Å². The summed E-state index contributed by atoms with van der Waals surface area (Å²) in [4.78, 5) is 13.8. The standard InChI is InChI=1S/C15H13N3OS/c19-15-14(17-16-12-7-3-1-4-8-12)18(11-20-15)13-9-5-2-6-10-13/h1-10,16H,11H2. The van der Waals surface area contributed by atoms with Gasteiger partial charge in [0.1, 0.15) is 0 Å². The third-order valence-electron chi connectivity index (χ3n) is 2.90. The fraction of sp³-hybridized carbons (Fsp3) is 0.0667. The van der Waals surface area contributed by atoms with Crippen molar-refractivity contribution in [1.82, 2.24) is 0 Å². The lowest BCUT2D eigenvalue weighted by Crippen LogP contribution is -2.28. The highest BCUT2D eigenvalue weighted by molar-refractivity contribution is 8.16. The smallest absolute Gasteiger partial charge is 0.258 e. The van der Waals surface area contributed by atoms with Crippen molar-refractivity contribution in [1.29, 1.82) is 0 Å². The zero-order chi connectivity index (χ0) is 13.8. The van der Waals surface area contributed by atoms with Gasteiger partial charge in [-0.3, -0.25) is 10.2 Å². The minimum absolute atomic E-state index is 0.0164. The number of carbonyl (C=O) groups is 1. The molecule has 0 atom stereocenters. The van der Waals surface area contributed by atoms with Crippen molar-refractivity contribution in [2.75, 3.05) is 16.2 Å². The third kappa shape index (κ3) is 2.67. The predicted octanol–water partition coefficient (Wildman–Crippen LogP) is 3.15. The van der Waals surface area contributed by atoms with Crippen LogP contribution in [0.3, 0.4) is 0 Å². The second-order valence-electron chi connectivity index (χ2n) is 4.24. The number of nitrogens with zero attached hydrogens (tertiary/aromatic N) is 2. The van der Waals surface area contributed by atoms with Crippen LogP contribution in [0.5, 0.6) is 0 Å². The van der Waals surface area contributed by atoms with E-state index in [2.05, 4.69) is 10.5 Å². The third-order valence-corrected chi connectivity index (χ3v) is 3.73. The van der Waals surface area contributed by atoms with E-state index in [1.807, 2.05) is 65.6 Å². The Kier molecular flexibility index (Phi) is 3.69. The van der Waals surface area contributed by atoms with Gasteiger partial charge >= 0.3 is 0 Å². The highest BCUT2D eigenvalue weighted by atomic mass is 32.2. The molecule has 1 aliphatic heterocycles. The lowest BCUT2D eigenvalue weighted by Gasteiger charge is -2.16. The highest BCUT2D eigenvalue weighted by Gasteiger charge is 2.29. The van der Waals surface area contributed by atoms with E-state index in [0.717, 1.165) is 11.4 Å². The predicted molar refractivity (Wildman–Crippen MR) is 83.9 cm³/mol. The molecule has 0 aromatic heterocycles. The molecule has 1 fully saturated rings. The molecule has 2 aromatic carbocycles. The Morgan fingerprint density at radius 2 is 1.65 bits per heavy atom.